The molecule has 1 rings (SSSR count). The molecule has 0 aliphatic carbocycles. The maximum Gasteiger partial charge on any atom is 0.245 e. The molecule has 5 nitrogen and oxygen atoms in total. The van der Waals surface area contributed by atoms with Crippen LogP contribution >= 0.6 is 11.3 Å². The van der Waals surface area contributed by atoms with E-state index in [2.05, 4.69) is 10.3 Å². The summed E-state index contributed by atoms with van der Waals surface area (Å²) in [4.78, 5) is 29.7. The van der Waals surface area contributed by atoms with Gasteiger partial charge in [0.15, 0.2) is 5.13 Å². The SMILES string of the molecule is CC(C)CC(=O)N(CC(=O)Nc1nccs1)CC(C)C. The van der Waals surface area contributed by atoms with Crippen molar-refractivity contribution in [2.75, 3.05) is 18.4 Å². The van der Waals surface area contributed by atoms with E-state index in [0.29, 0.717) is 29.9 Å². The highest BCUT2D eigenvalue weighted by molar-refractivity contribution is 7.13. The van der Waals surface area contributed by atoms with Gasteiger partial charge in [0.25, 0.3) is 0 Å². The first-order valence-electron chi connectivity index (χ1n) is 6.85. The van der Waals surface area contributed by atoms with Gasteiger partial charge in [-0.1, -0.05) is 27.7 Å². The van der Waals surface area contributed by atoms with Gasteiger partial charge < -0.3 is 10.2 Å². The first-order valence-corrected chi connectivity index (χ1v) is 7.73. The molecule has 0 saturated carbocycles. The minimum Gasteiger partial charge on any atom is -0.333 e. The van der Waals surface area contributed by atoms with Gasteiger partial charge in [0.2, 0.25) is 11.8 Å². The molecule has 112 valence electrons. The fraction of sp³-hybridized carbons (Fsp3) is 0.643. The summed E-state index contributed by atoms with van der Waals surface area (Å²) in [6.07, 6.45) is 2.10. The van der Waals surface area contributed by atoms with Crippen LogP contribution in [0, 0.1) is 11.8 Å². The molecule has 0 atom stereocenters. The van der Waals surface area contributed by atoms with Crippen molar-refractivity contribution in [2.24, 2.45) is 11.8 Å². The summed E-state index contributed by atoms with van der Waals surface area (Å²) in [5, 5.41) is 5.07. The lowest BCUT2D eigenvalue weighted by molar-refractivity contribution is -0.135. The van der Waals surface area contributed by atoms with Crippen LogP contribution in [-0.2, 0) is 9.59 Å². The van der Waals surface area contributed by atoms with Crippen molar-refractivity contribution >= 4 is 28.3 Å². The molecule has 0 fully saturated rings. The highest BCUT2D eigenvalue weighted by atomic mass is 32.1. The molecule has 0 unspecified atom stereocenters. The fourth-order valence-corrected chi connectivity index (χ4v) is 2.34. The third-order valence-electron chi connectivity index (χ3n) is 2.53. The van der Waals surface area contributed by atoms with E-state index in [1.807, 2.05) is 27.7 Å². The zero-order valence-electron chi connectivity index (χ0n) is 12.5. The average Bonchev–Trinajstić information content (AvgIpc) is 2.79. The molecule has 0 aliphatic heterocycles. The van der Waals surface area contributed by atoms with Gasteiger partial charge in [-0.2, -0.15) is 0 Å². The van der Waals surface area contributed by atoms with Crippen molar-refractivity contribution in [3.63, 3.8) is 0 Å². The first kappa shape index (κ1) is 16.6. The molecule has 0 spiro atoms. The average molecular weight is 297 g/mol. The van der Waals surface area contributed by atoms with E-state index >= 15 is 0 Å². The minimum absolute atomic E-state index is 0.0305. The van der Waals surface area contributed by atoms with E-state index < -0.39 is 0 Å². The van der Waals surface area contributed by atoms with Crippen molar-refractivity contribution in [3.8, 4) is 0 Å². The highest BCUT2D eigenvalue weighted by Gasteiger charge is 2.19. The number of hydrogen-bond acceptors (Lipinski definition) is 4. The van der Waals surface area contributed by atoms with E-state index in [0.717, 1.165) is 0 Å². The van der Waals surface area contributed by atoms with Gasteiger partial charge in [-0.15, -0.1) is 11.3 Å². The molecule has 2 amide bonds. The van der Waals surface area contributed by atoms with Crippen LogP contribution in [0.4, 0.5) is 5.13 Å². The molecule has 0 aromatic carbocycles. The lowest BCUT2D eigenvalue weighted by atomic mass is 10.1. The molecule has 1 N–H and O–H groups in total. The molecular formula is C14H23N3O2S. The Hall–Kier alpha value is -1.43. The Morgan fingerprint density at radius 2 is 2.00 bits per heavy atom. The summed E-state index contributed by atoms with van der Waals surface area (Å²) in [6.45, 7) is 8.76. The van der Waals surface area contributed by atoms with E-state index in [-0.39, 0.29) is 18.4 Å². The predicted octanol–water partition coefficient (Wildman–Crippen LogP) is 2.61. The summed E-state index contributed by atoms with van der Waals surface area (Å²) in [6, 6.07) is 0. The van der Waals surface area contributed by atoms with Crippen molar-refractivity contribution in [1.29, 1.82) is 0 Å². The van der Waals surface area contributed by atoms with Gasteiger partial charge in [0.1, 0.15) is 0 Å². The Balaban J connectivity index is 2.59. The maximum absolute atomic E-state index is 12.2. The Morgan fingerprint density at radius 3 is 2.50 bits per heavy atom. The third-order valence-corrected chi connectivity index (χ3v) is 3.22. The number of amides is 2. The summed E-state index contributed by atoms with van der Waals surface area (Å²) < 4.78 is 0. The Bertz CT molecular complexity index is 430. The fourth-order valence-electron chi connectivity index (χ4n) is 1.79. The van der Waals surface area contributed by atoms with Crippen molar-refractivity contribution < 1.29 is 9.59 Å². The molecule has 0 radical (unpaired) electrons. The van der Waals surface area contributed by atoms with Gasteiger partial charge in [-0.25, -0.2) is 4.98 Å². The van der Waals surface area contributed by atoms with Gasteiger partial charge in [0.05, 0.1) is 6.54 Å². The van der Waals surface area contributed by atoms with Crippen LogP contribution in [0.2, 0.25) is 0 Å². The molecule has 1 aromatic rings. The van der Waals surface area contributed by atoms with E-state index in [4.69, 9.17) is 0 Å². The van der Waals surface area contributed by atoms with Gasteiger partial charge in [0, 0.05) is 24.5 Å². The normalized spacial score (nSPS) is 10.9. The second kappa shape index (κ2) is 7.99. The summed E-state index contributed by atoms with van der Waals surface area (Å²) >= 11 is 1.36. The number of nitrogens with zero attached hydrogens (tertiary/aromatic N) is 2. The number of aromatic nitrogens is 1. The number of thiazole rings is 1. The number of hydrogen-bond donors (Lipinski definition) is 1. The molecule has 0 aliphatic rings. The zero-order valence-corrected chi connectivity index (χ0v) is 13.4. The molecular weight excluding hydrogens is 274 g/mol. The number of carbonyl (C=O) groups excluding carboxylic acids is 2. The molecule has 1 aromatic heterocycles. The van der Waals surface area contributed by atoms with E-state index in [1.165, 1.54) is 11.3 Å². The Kier molecular flexibility index (Phi) is 6.64. The Morgan fingerprint density at radius 1 is 1.30 bits per heavy atom. The second-order valence-electron chi connectivity index (χ2n) is 5.65. The monoisotopic (exact) mass is 297 g/mol. The number of carbonyl (C=O) groups is 2. The quantitative estimate of drug-likeness (QED) is 0.841. The standard InChI is InChI=1S/C14H23N3O2S/c1-10(2)7-13(19)17(8-11(3)4)9-12(18)16-14-15-5-6-20-14/h5-6,10-11H,7-9H2,1-4H3,(H,15,16,18). The third kappa shape index (κ3) is 6.14. The lowest BCUT2D eigenvalue weighted by Gasteiger charge is -2.24. The van der Waals surface area contributed by atoms with Gasteiger partial charge in [-0.05, 0) is 11.8 Å². The van der Waals surface area contributed by atoms with E-state index in [1.54, 1.807) is 16.5 Å². The number of nitrogens with one attached hydrogen (secondary N) is 1. The molecule has 0 saturated heterocycles. The van der Waals surface area contributed by atoms with E-state index in [9.17, 15) is 9.59 Å². The highest BCUT2D eigenvalue weighted by Crippen LogP contribution is 2.11. The summed E-state index contributed by atoms with van der Waals surface area (Å²) in [7, 11) is 0. The molecule has 0 bridgehead atoms. The van der Waals surface area contributed by atoms with Gasteiger partial charge >= 0.3 is 0 Å². The number of rotatable bonds is 7. The maximum atomic E-state index is 12.2. The summed E-state index contributed by atoms with van der Waals surface area (Å²) in [5.41, 5.74) is 0. The smallest absolute Gasteiger partial charge is 0.245 e. The lowest BCUT2D eigenvalue weighted by Crippen LogP contribution is -2.40. The van der Waals surface area contributed by atoms with Crippen molar-refractivity contribution in [3.05, 3.63) is 11.6 Å². The van der Waals surface area contributed by atoms with Crippen LogP contribution < -0.4 is 5.32 Å². The molecule has 20 heavy (non-hydrogen) atoms. The van der Waals surface area contributed by atoms with Crippen LogP contribution in [-0.4, -0.2) is 34.8 Å². The van der Waals surface area contributed by atoms with Crippen LogP contribution in [0.5, 0.6) is 0 Å². The minimum atomic E-state index is -0.197. The molecule has 6 heteroatoms. The number of anilines is 1. The van der Waals surface area contributed by atoms with Crippen LogP contribution in [0.25, 0.3) is 0 Å². The topological polar surface area (TPSA) is 62.3 Å². The largest absolute Gasteiger partial charge is 0.333 e. The van der Waals surface area contributed by atoms with Gasteiger partial charge in [-0.3, -0.25) is 9.59 Å². The zero-order chi connectivity index (χ0) is 15.1. The van der Waals surface area contributed by atoms with Crippen LogP contribution in [0.1, 0.15) is 34.1 Å². The van der Waals surface area contributed by atoms with Crippen LogP contribution in [0.3, 0.4) is 0 Å². The Labute approximate surface area is 124 Å². The molecule has 1 heterocycles. The van der Waals surface area contributed by atoms with Crippen LogP contribution in [0.15, 0.2) is 11.6 Å². The van der Waals surface area contributed by atoms with Crippen molar-refractivity contribution in [2.45, 2.75) is 34.1 Å². The second-order valence-corrected chi connectivity index (χ2v) is 6.55. The summed E-state index contributed by atoms with van der Waals surface area (Å²) in [5.74, 6) is 0.457. The first-order chi connectivity index (χ1) is 9.38. The van der Waals surface area contributed by atoms with Crippen molar-refractivity contribution in [1.82, 2.24) is 9.88 Å². The predicted molar refractivity (Wildman–Crippen MR) is 81.6 cm³/mol.